The van der Waals surface area contributed by atoms with E-state index >= 15 is 0 Å². The number of allylic oxidation sites excluding steroid dienone is 3. The van der Waals surface area contributed by atoms with Gasteiger partial charge in [-0.25, -0.2) is 0 Å². The summed E-state index contributed by atoms with van der Waals surface area (Å²) in [5.41, 5.74) is 1.47. The van der Waals surface area contributed by atoms with Gasteiger partial charge in [0, 0.05) is 0 Å². The molecule has 2 bridgehead atoms. The summed E-state index contributed by atoms with van der Waals surface area (Å²) in [4.78, 5) is 0. The summed E-state index contributed by atoms with van der Waals surface area (Å²) >= 11 is 0. The molecule has 1 saturated carbocycles. The topological polar surface area (TPSA) is 0 Å². The molecule has 48 valence electrons. The van der Waals surface area contributed by atoms with Crippen LogP contribution in [0.4, 0.5) is 0 Å². The Morgan fingerprint density at radius 3 is 2.44 bits per heavy atom. The zero-order chi connectivity index (χ0) is 6.27. The van der Waals surface area contributed by atoms with Crippen molar-refractivity contribution in [3.63, 3.8) is 0 Å². The van der Waals surface area contributed by atoms with Gasteiger partial charge in [0.1, 0.15) is 0 Å². The van der Waals surface area contributed by atoms with E-state index in [1.165, 1.54) is 24.8 Å². The van der Waals surface area contributed by atoms with Crippen LogP contribution < -0.4 is 0 Å². The monoisotopic (exact) mass is 120 g/mol. The van der Waals surface area contributed by atoms with Gasteiger partial charge in [-0.15, -0.1) is 0 Å². The highest BCUT2D eigenvalue weighted by Crippen LogP contribution is 2.38. The van der Waals surface area contributed by atoms with Gasteiger partial charge in [0.25, 0.3) is 0 Å². The van der Waals surface area contributed by atoms with Gasteiger partial charge in [-0.2, -0.15) is 0 Å². The maximum absolute atomic E-state index is 4.05. The first-order valence-corrected chi connectivity index (χ1v) is 3.72. The van der Waals surface area contributed by atoms with E-state index in [4.69, 9.17) is 0 Å². The average molecular weight is 120 g/mol. The molecule has 0 radical (unpaired) electrons. The first kappa shape index (κ1) is 5.28. The Labute approximate surface area is 56.3 Å². The Kier molecular flexibility index (Phi) is 1.01. The van der Waals surface area contributed by atoms with Crippen LogP contribution in [0.15, 0.2) is 24.3 Å². The minimum absolute atomic E-state index is 0.745. The Morgan fingerprint density at radius 2 is 2.22 bits per heavy atom. The summed E-state index contributed by atoms with van der Waals surface area (Å²) in [5, 5.41) is 0. The fraction of sp³-hybridized carbons (Fsp3) is 0.556. The number of fused-ring (bicyclic) bond motifs is 2. The number of hydrogen-bond donors (Lipinski definition) is 0. The van der Waals surface area contributed by atoms with Crippen molar-refractivity contribution < 1.29 is 0 Å². The molecule has 0 aromatic carbocycles. The Morgan fingerprint density at radius 1 is 1.33 bits per heavy atom. The summed E-state index contributed by atoms with van der Waals surface area (Å²) in [5.74, 6) is 1.59. The minimum atomic E-state index is 0.745. The van der Waals surface area contributed by atoms with E-state index in [1.54, 1.807) is 0 Å². The van der Waals surface area contributed by atoms with Crippen molar-refractivity contribution in [3.8, 4) is 0 Å². The van der Waals surface area contributed by atoms with E-state index in [0.29, 0.717) is 0 Å². The van der Waals surface area contributed by atoms with Gasteiger partial charge in [-0.3, -0.25) is 0 Å². The summed E-state index contributed by atoms with van der Waals surface area (Å²) in [7, 11) is 0. The predicted molar refractivity (Wildman–Crippen MR) is 39.1 cm³/mol. The second-order valence-corrected chi connectivity index (χ2v) is 3.19. The lowest BCUT2D eigenvalue weighted by Crippen LogP contribution is -2.18. The smallest absolute Gasteiger partial charge is 0.00254 e. The van der Waals surface area contributed by atoms with Gasteiger partial charge < -0.3 is 0 Å². The molecule has 0 heterocycles. The largest absolute Gasteiger partial charge is 0.0992 e. The molecule has 9 heavy (non-hydrogen) atoms. The van der Waals surface area contributed by atoms with Crippen molar-refractivity contribution in [3.05, 3.63) is 24.3 Å². The summed E-state index contributed by atoms with van der Waals surface area (Å²) < 4.78 is 0. The molecule has 0 spiro atoms. The molecule has 0 aromatic heterocycles. The molecule has 0 aliphatic heterocycles. The highest BCUT2D eigenvalue weighted by Gasteiger charge is 2.24. The highest BCUT2D eigenvalue weighted by atomic mass is 14.3. The van der Waals surface area contributed by atoms with Gasteiger partial charge >= 0.3 is 0 Å². The quantitative estimate of drug-likeness (QED) is 0.431. The second-order valence-electron chi connectivity index (χ2n) is 3.19. The second kappa shape index (κ2) is 1.73. The molecule has 2 unspecified atom stereocenters. The van der Waals surface area contributed by atoms with E-state index in [2.05, 4.69) is 18.7 Å². The van der Waals surface area contributed by atoms with Crippen LogP contribution in [0.3, 0.4) is 0 Å². The van der Waals surface area contributed by atoms with Crippen LogP contribution in [-0.4, -0.2) is 0 Å². The zero-order valence-corrected chi connectivity index (χ0v) is 5.64. The Balaban J connectivity index is 2.29. The average Bonchev–Trinajstić information content (AvgIpc) is 1.90. The fourth-order valence-corrected chi connectivity index (χ4v) is 1.88. The van der Waals surface area contributed by atoms with E-state index in [1.807, 2.05) is 0 Å². The van der Waals surface area contributed by atoms with Crippen LogP contribution in [0, 0.1) is 11.8 Å². The normalized spacial score (nSPS) is 39.8. The molecule has 1 fully saturated rings. The van der Waals surface area contributed by atoms with Crippen LogP contribution >= 0.6 is 0 Å². The van der Waals surface area contributed by atoms with Crippen LogP contribution in [0.5, 0.6) is 0 Å². The van der Waals surface area contributed by atoms with Crippen molar-refractivity contribution in [1.29, 1.82) is 0 Å². The van der Waals surface area contributed by atoms with Crippen LogP contribution in [0.2, 0.25) is 0 Å². The van der Waals surface area contributed by atoms with E-state index in [0.717, 1.165) is 11.8 Å². The van der Waals surface area contributed by atoms with Gasteiger partial charge in [0.15, 0.2) is 0 Å². The molecule has 0 amide bonds. The van der Waals surface area contributed by atoms with Crippen LogP contribution in [-0.2, 0) is 0 Å². The lowest BCUT2D eigenvalue weighted by Gasteiger charge is -2.32. The lowest BCUT2D eigenvalue weighted by atomic mass is 9.73. The predicted octanol–water partition coefficient (Wildman–Crippen LogP) is 2.53. The van der Waals surface area contributed by atoms with Gasteiger partial charge in [-0.05, 0) is 31.1 Å². The summed E-state index contributed by atoms with van der Waals surface area (Å²) in [6.45, 7) is 4.05. The molecular weight excluding hydrogens is 108 g/mol. The molecule has 3 rings (SSSR count). The van der Waals surface area contributed by atoms with Crippen molar-refractivity contribution in [2.45, 2.75) is 19.3 Å². The molecule has 3 aliphatic carbocycles. The molecule has 0 saturated heterocycles. The Hall–Kier alpha value is -0.520. The molecule has 2 atom stereocenters. The first-order valence-electron chi connectivity index (χ1n) is 3.72. The summed E-state index contributed by atoms with van der Waals surface area (Å²) in [6.07, 6.45) is 8.73. The van der Waals surface area contributed by atoms with Crippen molar-refractivity contribution in [2.24, 2.45) is 11.8 Å². The van der Waals surface area contributed by atoms with Crippen molar-refractivity contribution in [1.82, 2.24) is 0 Å². The maximum Gasteiger partial charge on any atom is -0.00254 e. The number of rotatable bonds is 0. The SMILES string of the molecule is C=C1CC2C=CC1CC2. The van der Waals surface area contributed by atoms with Gasteiger partial charge in [-0.1, -0.05) is 24.3 Å². The fourth-order valence-electron chi connectivity index (χ4n) is 1.88. The molecule has 3 aliphatic rings. The molecule has 0 nitrogen and oxygen atoms in total. The first-order chi connectivity index (χ1) is 4.36. The third-order valence-electron chi connectivity index (χ3n) is 2.51. The van der Waals surface area contributed by atoms with Gasteiger partial charge in [0.05, 0.1) is 0 Å². The van der Waals surface area contributed by atoms with E-state index in [-0.39, 0.29) is 0 Å². The minimum Gasteiger partial charge on any atom is -0.0992 e. The lowest BCUT2D eigenvalue weighted by molar-refractivity contribution is 0.412. The maximum atomic E-state index is 4.05. The third-order valence-corrected chi connectivity index (χ3v) is 2.51. The summed E-state index contributed by atoms with van der Waals surface area (Å²) in [6, 6.07) is 0. The van der Waals surface area contributed by atoms with Crippen LogP contribution in [0.25, 0.3) is 0 Å². The van der Waals surface area contributed by atoms with Gasteiger partial charge in [0.2, 0.25) is 0 Å². The molecule has 0 N–H and O–H groups in total. The molecule has 0 heteroatoms. The highest BCUT2D eigenvalue weighted by molar-refractivity contribution is 5.20. The zero-order valence-electron chi connectivity index (χ0n) is 5.64. The third kappa shape index (κ3) is 0.735. The van der Waals surface area contributed by atoms with Crippen molar-refractivity contribution >= 4 is 0 Å². The number of hydrogen-bond acceptors (Lipinski definition) is 0. The molecule has 0 aromatic rings. The van der Waals surface area contributed by atoms with Crippen molar-refractivity contribution in [2.75, 3.05) is 0 Å². The van der Waals surface area contributed by atoms with E-state index < -0.39 is 0 Å². The standard InChI is InChI=1S/C9H12/c1-7-6-8-2-4-9(7)5-3-8/h2,4,8-9H,1,3,5-6H2. The van der Waals surface area contributed by atoms with E-state index in [9.17, 15) is 0 Å². The molecular formula is C9H12. The van der Waals surface area contributed by atoms with Crippen LogP contribution in [0.1, 0.15) is 19.3 Å². The Bertz CT molecular complexity index is 165.